The van der Waals surface area contributed by atoms with Crippen LogP contribution in [0.2, 0.25) is 0 Å². The number of hydrogen-bond donors (Lipinski definition) is 1. The molecule has 3 rings (SSSR count). The summed E-state index contributed by atoms with van der Waals surface area (Å²) < 4.78 is 0. The SMILES string of the molecule is Cc1ccccc1Nc1ccc(C(=O)N(Cc2ccccc2)C(C)C)nn1. The van der Waals surface area contributed by atoms with E-state index in [9.17, 15) is 4.79 Å². The summed E-state index contributed by atoms with van der Waals surface area (Å²) in [5.41, 5.74) is 3.52. The lowest BCUT2D eigenvalue weighted by Gasteiger charge is -2.26. The molecule has 0 atom stereocenters. The maximum absolute atomic E-state index is 12.9. The van der Waals surface area contributed by atoms with Crippen LogP contribution in [0.5, 0.6) is 0 Å². The van der Waals surface area contributed by atoms with Gasteiger partial charge in [0.1, 0.15) is 0 Å². The van der Waals surface area contributed by atoms with Crippen molar-refractivity contribution in [3.8, 4) is 0 Å². The number of para-hydroxylation sites is 1. The molecular formula is C22H24N4O. The van der Waals surface area contributed by atoms with Gasteiger partial charge in [0.25, 0.3) is 5.91 Å². The first-order valence-electron chi connectivity index (χ1n) is 9.06. The summed E-state index contributed by atoms with van der Waals surface area (Å²) in [6.45, 7) is 6.57. The number of amides is 1. The smallest absolute Gasteiger partial charge is 0.274 e. The van der Waals surface area contributed by atoms with Gasteiger partial charge in [-0.2, -0.15) is 0 Å². The number of carbonyl (C=O) groups excluding carboxylic acids is 1. The second kappa shape index (κ2) is 8.45. The molecule has 1 N–H and O–H groups in total. The number of aromatic nitrogens is 2. The molecule has 5 nitrogen and oxygen atoms in total. The molecule has 2 aromatic carbocycles. The Bertz CT molecular complexity index is 892. The minimum Gasteiger partial charge on any atom is -0.339 e. The van der Waals surface area contributed by atoms with Crippen LogP contribution in [-0.2, 0) is 6.54 Å². The van der Waals surface area contributed by atoms with Crippen molar-refractivity contribution in [2.24, 2.45) is 0 Å². The fourth-order valence-corrected chi connectivity index (χ4v) is 2.78. The third-order valence-electron chi connectivity index (χ3n) is 4.37. The minimum atomic E-state index is -0.121. The molecule has 138 valence electrons. The fraction of sp³-hybridized carbons (Fsp3) is 0.227. The molecule has 0 aliphatic rings. The number of nitrogens with zero attached hydrogens (tertiary/aromatic N) is 3. The molecule has 1 aromatic heterocycles. The Morgan fingerprint density at radius 2 is 1.67 bits per heavy atom. The van der Waals surface area contributed by atoms with Crippen molar-refractivity contribution in [3.63, 3.8) is 0 Å². The molecule has 5 heteroatoms. The predicted octanol–water partition coefficient (Wildman–Crippen LogP) is 4.58. The van der Waals surface area contributed by atoms with E-state index in [4.69, 9.17) is 0 Å². The Hall–Kier alpha value is -3.21. The van der Waals surface area contributed by atoms with E-state index in [0.29, 0.717) is 18.1 Å². The Balaban J connectivity index is 1.74. The van der Waals surface area contributed by atoms with Gasteiger partial charge in [0.2, 0.25) is 0 Å². The van der Waals surface area contributed by atoms with Gasteiger partial charge < -0.3 is 10.2 Å². The normalized spacial score (nSPS) is 10.7. The summed E-state index contributed by atoms with van der Waals surface area (Å²) in [5.74, 6) is 0.490. The molecule has 1 heterocycles. The molecule has 1 amide bonds. The minimum absolute atomic E-state index is 0.0595. The highest BCUT2D eigenvalue weighted by atomic mass is 16.2. The van der Waals surface area contributed by atoms with E-state index in [1.165, 1.54) is 0 Å². The zero-order chi connectivity index (χ0) is 19.2. The van der Waals surface area contributed by atoms with Crippen molar-refractivity contribution in [2.75, 3.05) is 5.32 Å². The lowest BCUT2D eigenvalue weighted by Crippen LogP contribution is -2.37. The first-order chi connectivity index (χ1) is 13.0. The second-order valence-electron chi connectivity index (χ2n) is 6.76. The summed E-state index contributed by atoms with van der Waals surface area (Å²) in [6, 6.07) is 21.5. The molecule has 0 bridgehead atoms. The van der Waals surface area contributed by atoms with Crippen LogP contribution >= 0.6 is 0 Å². The highest BCUT2D eigenvalue weighted by molar-refractivity contribution is 5.92. The van der Waals surface area contributed by atoms with Crippen LogP contribution in [0.3, 0.4) is 0 Å². The third kappa shape index (κ3) is 4.70. The highest BCUT2D eigenvalue weighted by Crippen LogP contribution is 2.18. The number of carbonyl (C=O) groups is 1. The van der Waals surface area contributed by atoms with Crippen molar-refractivity contribution in [2.45, 2.75) is 33.4 Å². The quantitative estimate of drug-likeness (QED) is 0.699. The molecule has 0 radical (unpaired) electrons. The van der Waals surface area contributed by atoms with E-state index in [-0.39, 0.29) is 11.9 Å². The summed E-state index contributed by atoms with van der Waals surface area (Å²) in [7, 11) is 0. The molecule has 0 saturated carbocycles. The van der Waals surface area contributed by atoms with Crippen LogP contribution in [0.25, 0.3) is 0 Å². The van der Waals surface area contributed by atoms with Crippen molar-refractivity contribution in [1.82, 2.24) is 15.1 Å². The van der Waals surface area contributed by atoms with Crippen LogP contribution < -0.4 is 5.32 Å². The van der Waals surface area contributed by atoms with Gasteiger partial charge >= 0.3 is 0 Å². The van der Waals surface area contributed by atoms with Gasteiger partial charge in [-0.3, -0.25) is 4.79 Å². The van der Waals surface area contributed by atoms with E-state index >= 15 is 0 Å². The first-order valence-corrected chi connectivity index (χ1v) is 9.06. The van der Waals surface area contributed by atoms with Crippen molar-refractivity contribution >= 4 is 17.4 Å². The Kier molecular flexibility index (Phi) is 5.81. The predicted molar refractivity (Wildman–Crippen MR) is 108 cm³/mol. The number of nitrogens with one attached hydrogen (secondary N) is 1. The lowest BCUT2D eigenvalue weighted by molar-refractivity contribution is 0.0683. The van der Waals surface area contributed by atoms with Gasteiger partial charge in [0, 0.05) is 18.3 Å². The van der Waals surface area contributed by atoms with E-state index in [0.717, 1.165) is 16.8 Å². The molecule has 0 aliphatic carbocycles. The van der Waals surface area contributed by atoms with E-state index < -0.39 is 0 Å². The van der Waals surface area contributed by atoms with Crippen molar-refractivity contribution < 1.29 is 4.79 Å². The van der Waals surface area contributed by atoms with Crippen LogP contribution in [0.1, 0.15) is 35.5 Å². The van der Waals surface area contributed by atoms with E-state index in [1.807, 2.05) is 75.4 Å². The van der Waals surface area contributed by atoms with Crippen molar-refractivity contribution in [1.29, 1.82) is 0 Å². The standard InChI is InChI=1S/C22H24N4O/c1-16(2)26(15-18-10-5-4-6-11-18)22(27)20-13-14-21(25-24-20)23-19-12-8-7-9-17(19)3/h4-14,16H,15H2,1-3H3,(H,23,25). The van der Waals surface area contributed by atoms with Gasteiger partial charge in [-0.1, -0.05) is 48.5 Å². The lowest BCUT2D eigenvalue weighted by atomic mass is 10.1. The molecule has 0 fully saturated rings. The number of anilines is 2. The average molecular weight is 360 g/mol. The van der Waals surface area contributed by atoms with Crippen LogP contribution in [0.4, 0.5) is 11.5 Å². The van der Waals surface area contributed by atoms with Gasteiger partial charge in [0.05, 0.1) is 0 Å². The van der Waals surface area contributed by atoms with Crippen LogP contribution in [0.15, 0.2) is 66.7 Å². The number of hydrogen-bond acceptors (Lipinski definition) is 4. The average Bonchev–Trinajstić information content (AvgIpc) is 2.68. The Morgan fingerprint density at radius 1 is 0.963 bits per heavy atom. The second-order valence-corrected chi connectivity index (χ2v) is 6.76. The van der Waals surface area contributed by atoms with Gasteiger partial charge in [-0.25, -0.2) is 0 Å². The zero-order valence-electron chi connectivity index (χ0n) is 15.9. The Morgan fingerprint density at radius 3 is 2.30 bits per heavy atom. The van der Waals surface area contributed by atoms with Gasteiger partial charge in [-0.05, 0) is 50.1 Å². The number of aryl methyl sites for hydroxylation is 1. The fourth-order valence-electron chi connectivity index (χ4n) is 2.78. The number of rotatable bonds is 6. The summed E-state index contributed by atoms with van der Waals surface area (Å²) in [5, 5.41) is 11.6. The van der Waals surface area contributed by atoms with Crippen molar-refractivity contribution in [3.05, 3.63) is 83.6 Å². The molecular weight excluding hydrogens is 336 g/mol. The molecule has 27 heavy (non-hydrogen) atoms. The maximum Gasteiger partial charge on any atom is 0.274 e. The zero-order valence-corrected chi connectivity index (χ0v) is 15.9. The van der Waals surface area contributed by atoms with Crippen LogP contribution in [-0.4, -0.2) is 27.0 Å². The first kappa shape index (κ1) is 18.6. The molecule has 0 unspecified atom stereocenters. The largest absolute Gasteiger partial charge is 0.339 e. The maximum atomic E-state index is 12.9. The molecule has 0 aliphatic heterocycles. The summed E-state index contributed by atoms with van der Waals surface area (Å²) in [6.07, 6.45) is 0. The summed E-state index contributed by atoms with van der Waals surface area (Å²) >= 11 is 0. The molecule has 3 aromatic rings. The van der Waals surface area contributed by atoms with Crippen LogP contribution in [0, 0.1) is 6.92 Å². The number of benzene rings is 2. The monoisotopic (exact) mass is 360 g/mol. The molecule has 0 saturated heterocycles. The van der Waals surface area contributed by atoms with Gasteiger partial charge in [-0.15, -0.1) is 10.2 Å². The third-order valence-corrected chi connectivity index (χ3v) is 4.37. The van der Waals surface area contributed by atoms with E-state index in [2.05, 4.69) is 15.5 Å². The highest BCUT2D eigenvalue weighted by Gasteiger charge is 2.20. The topological polar surface area (TPSA) is 58.1 Å². The molecule has 0 spiro atoms. The Labute approximate surface area is 160 Å². The summed E-state index contributed by atoms with van der Waals surface area (Å²) in [4.78, 5) is 14.7. The van der Waals surface area contributed by atoms with E-state index in [1.54, 1.807) is 17.0 Å². The van der Waals surface area contributed by atoms with Gasteiger partial charge in [0.15, 0.2) is 11.5 Å².